The average Bonchev–Trinajstić information content (AvgIpc) is 3.38. The number of anilines is 1. The van der Waals surface area contributed by atoms with Crippen LogP contribution in [-0.2, 0) is 11.2 Å². The number of rotatable bonds is 7. The van der Waals surface area contributed by atoms with Gasteiger partial charge in [0.25, 0.3) is 0 Å². The van der Waals surface area contributed by atoms with Gasteiger partial charge in [-0.05, 0) is 36.4 Å². The Balaban J connectivity index is 1.58. The van der Waals surface area contributed by atoms with Crippen molar-refractivity contribution in [3.05, 3.63) is 46.5 Å². The summed E-state index contributed by atoms with van der Waals surface area (Å²) in [4.78, 5) is 25.3. The molecule has 9 heteroatoms. The Morgan fingerprint density at radius 3 is 3.00 bits per heavy atom. The number of halogens is 1. The van der Waals surface area contributed by atoms with Crippen molar-refractivity contribution in [2.45, 2.75) is 18.9 Å². The van der Waals surface area contributed by atoms with Crippen molar-refractivity contribution in [2.75, 3.05) is 45.2 Å². The van der Waals surface area contributed by atoms with Crippen LogP contribution in [0.3, 0.4) is 0 Å². The van der Waals surface area contributed by atoms with E-state index in [1.54, 1.807) is 37.7 Å². The van der Waals surface area contributed by atoms with Crippen molar-refractivity contribution in [3.8, 4) is 0 Å². The summed E-state index contributed by atoms with van der Waals surface area (Å²) >= 11 is 1.72. The van der Waals surface area contributed by atoms with Crippen LogP contribution in [0.15, 0.2) is 40.8 Å². The maximum absolute atomic E-state index is 14.0. The van der Waals surface area contributed by atoms with Crippen LogP contribution in [-0.4, -0.2) is 68.1 Å². The van der Waals surface area contributed by atoms with Crippen molar-refractivity contribution >= 4 is 29.0 Å². The molecule has 2 aromatic heterocycles. The number of amides is 1. The maximum Gasteiger partial charge on any atom is 0.243 e. The number of carbonyl (C=O) groups is 1. The monoisotopic (exact) mass is 418 g/mol. The molecule has 1 aliphatic heterocycles. The molecule has 1 atom stereocenters. The van der Waals surface area contributed by atoms with Gasteiger partial charge in [-0.1, -0.05) is 6.07 Å². The first-order chi connectivity index (χ1) is 14.0. The Morgan fingerprint density at radius 2 is 2.28 bits per heavy atom. The lowest BCUT2D eigenvalue weighted by molar-refractivity contribution is -0.127. The quantitative estimate of drug-likeness (QED) is 0.529. The number of pyridine rings is 1. The molecular weight excluding hydrogens is 391 g/mol. The van der Waals surface area contributed by atoms with Gasteiger partial charge < -0.3 is 20.4 Å². The zero-order valence-electron chi connectivity index (χ0n) is 16.8. The first-order valence-electron chi connectivity index (χ1n) is 9.66. The lowest BCUT2D eigenvalue weighted by Crippen LogP contribution is -2.45. The van der Waals surface area contributed by atoms with Gasteiger partial charge in [0.1, 0.15) is 6.54 Å². The van der Waals surface area contributed by atoms with E-state index >= 15 is 0 Å². The van der Waals surface area contributed by atoms with Crippen LogP contribution in [0.5, 0.6) is 0 Å². The fourth-order valence-electron chi connectivity index (χ4n) is 3.07. The molecule has 7 nitrogen and oxygen atoms in total. The number of hydrogen-bond acceptors (Lipinski definition) is 5. The average molecular weight is 419 g/mol. The molecule has 0 radical (unpaired) electrons. The highest BCUT2D eigenvalue weighted by Crippen LogP contribution is 2.20. The number of nitrogens with one attached hydrogen (secondary N) is 2. The number of hydrogen-bond donors (Lipinski definition) is 2. The van der Waals surface area contributed by atoms with Crippen molar-refractivity contribution in [3.63, 3.8) is 0 Å². The second-order valence-electron chi connectivity index (χ2n) is 7.09. The summed E-state index contributed by atoms with van der Waals surface area (Å²) < 4.78 is 14.0. The standard InChI is InChI=1S/C20H27FN6OS/c1-26(2)18(28)13-24-20(23-10-7-16-5-4-12-29-16)25-15-8-11-27(14-15)19-17(21)6-3-9-22-19/h3-6,9,12,15H,7-8,10-11,13-14H2,1-2H3,(H2,23,24,25). The zero-order valence-corrected chi connectivity index (χ0v) is 17.6. The number of nitrogens with zero attached hydrogens (tertiary/aromatic N) is 4. The summed E-state index contributed by atoms with van der Waals surface area (Å²) in [5, 5.41) is 8.76. The van der Waals surface area contributed by atoms with E-state index in [2.05, 4.69) is 32.1 Å². The van der Waals surface area contributed by atoms with Crippen molar-refractivity contribution in [1.29, 1.82) is 0 Å². The lowest BCUT2D eigenvalue weighted by atomic mass is 10.3. The minimum atomic E-state index is -0.312. The van der Waals surface area contributed by atoms with Gasteiger partial charge in [0, 0.05) is 50.8 Å². The van der Waals surface area contributed by atoms with Gasteiger partial charge in [-0.25, -0.2) is 14.4 Å². The molecule has 2 aromatic rings. The Morgan fingerprint density at radius 1 is 1.41 bits per heavy atom. The van der Waals surface area contributed by atoms with Gasteiger partial charge in [0.2, 0.25) is 5.91 Å². The van der Waals surface area contributed by atoms with Crippen LogP contribution < -0.4 is 15.5 Å². The fourth-order valence-corrected chi connectivity index (χ4v) is 3.78. The normalized spacial score (nSPS) is 16.7. The Kier molecular flexibility index (Phi) is 7.40. The molecule has 1 fully saturated rings. The van der Waals surface area contributed by atoms with Crippen LogP contribution in [0.1, 0.15) is 11.3 Å². The van der Waals surface area contributed by atoms with Gasteiger partial charge >= 0.3 is 0 Å². The third-order valence-electron chi connectivity index (χ3n) is 4.68. The number of likely N-dealkylation sites (N-methyl/N-ethyl adjacent to an activating group) is 1. The smallest absolute Gasteiger partial charge is 0.243 e. The maximum atomic E-state index is 14.0. The number of carbonyl (C=O) groups excluding carboxylic acids is 1. The molecule has 0 spiro atoms. The Labute approximate surface area is 174 Å². The van der Waals surface area contributed by atoms with Gasteiger partial charge in [-0.2, -0.15) is 0 Å². The molecule has 0 bridgehead atoms. The molecule has 0 aliphatic carbocycles. The van der Waals surface area contributed by atoms with Crippen molar-refractivity contribution < 1.29 is 9.18 Å². The van der Waals surface area contributed by atoms with Crippen LogP contribution in [0.4, 0.5) is 10.2 Å². The van der Waals surface area contributed by atoms with Crippen molar-refractivity contribution in [2.24, 2.45) is 4.99 Å². The van der Waals surface area contributed by atoms with E-state index in [0.29, 0.717) is 31.4 Å². The van der Waals surface area contributed by atoms with E-state index in [1.165, 1.54) is 15.8 Å². The second-order valence-corrected chi connectivity index (χ2v) is 8.13. The number of guanidine groups is 1. The molecule has 0 saturated carbocycles. The summed E-state index contributed by atoms with van der Waals surface area (Å²) in [6, 6.07) is 7.25. The minimum Gasteiger partial charge on any atom is -0.356 e. The predicted octanol–water partition coefficient (Wildman–Crippen LogP) is 1.73. The molecule has 156 valence electrons. The number of aromatic nitrogens is 1. The first-order valence-corrected chi connectivity index (χ1v) is 10.5. The predicted molar refractivity (Wildman–Crippen MR) is 115 cm³/mol. The molecule has 3 rings (SSSR count). The fraction of sp³-hybridized carbons (Fsp3) is 0.450. The molecule has 2 N–H and O–H groups in total. The molecular formula is C20H27FN6OS. The largest absolute Gasteiger partial charge is 0.356 e. The molecule has 1 saturated heterocycles. The van der Waals surface area contributed by atoms with Gasteiger partial charge in [0.15, 0.2) is 17.6 Å². The lowest BCUT2D eigenvalue weighted by Gasteiger charge is -2.20. The summed E-state index contributed by atoms with van der Waals surface area (Å²) in [5.41, 5.74) is 0. The molecule has 0 aromatic carbocycles. The Hall–Kier alpha value is -2.68. The molecule has 1 aliphatic rings. The van der Waals surface area contributed by atoms with Gasteiger partial charge in [-0.15, -0.1) is 11.3 Å². The summed E-state index contributed by atoms with van der Waals surface area (Å²) in [6.45, 7) is 2.13. The summed E-state index contributed by atoms with van der Waals surface area (Å²) in [7, 11) is 3.43. The molecule has 1 amide bonds. The van der Waals surface area contributed by atoms with E-state index in [9.17, 15) is 9.18 Å². The zero-order chi connectivity index (χ0) is 20.6. The van der Waals surface area contributed by atoms with Crippen molar-refractivity contribution in [1.82, 2.24) is 20.5 Å². The highest BCUT2D eigenvalue weighted by atomic mass is 32.1. The first kappa shape index (κ1) is 21.0. The minimum absolute atomic E-state index is 0.0621. The SMILES string of the molecule is CN(C)C(=O)CN=C(NCCc1cccs1)NC1CCN(c2ncccc2F)C1. The van der Waals surface area contributed by atoms with Crippen LogP contribution >= 0.6 is 11.3 Å². The van der Waals surface area contributed by atoms with E-state index < -0.39 is 0 Å². The van der Waals surface area contributed by atoms with Gasteiger partial charge in [-0.3, -0.25) is 4.79 Å². The third kappa shape index (κ3) is 6.15. The van der Waals surface area contributed by atoms with E-state index in [1.807, 2.05) is 11.0 Å². The Bertz CT molecular complexity index is 826. The molecule has 29 heavy (non-hydrogen) atoms. The van der Waals surface area contributed by atoms with E-state index in [4.69, 9.17) is 0 Å². The van der Waals surface area contributed by atoms with E-state index in [-0.39, 0.29) is 24.3 Å². The summed E-state index contributed by atoms with van der Waals surface area (Å²) in [6.07, 6.45) is 3.32. The van der Waals surface area contributed by atoms with Crippen LogP contribution in [0.25, 0.3) is 0 Å². The van der Waals surface area contributed by atoms with Crippen LogP contribution in [0.2, 0.25) is 0 Å². The molecule has 1 unspecified atom stereocenters. The molecule has 3 heterocycles. The topological polar surface area (TPSA) is 72.9 Å². The second kappa shape index (κ2) is 10.2. The van der Waals surface area contributed by atoms with Gasteiger partial charge in [0.05, 0.1) is 0 Å². The number of aliphatic imine (C=N–C) groups is 1. The van der Waals surface area contributed by atoms with E-state index in [0.717, 1.165) is 12.8 Å². The highest BCUT2D eigenvalue weighted by molar-refractivity contribution is 7.09. The highest BCUT2D eigenvalue weighted by Gasteiger charge is 2.26. The third-order valence-corrected chi connectivity index (χ3v) is 5.62. The number of thiophene rings is 1. The summed E-state index contributed by atoms with van der Waals surface area (Å²) in [5.74, 6) is 0.606. The van der Waals surface area contributed by atoms with Crippen LogP contribution in [0, 0.1) is 5.82 Å².